The molecule has 4 nitrogen and oxygen atoms in total. The molecule has 1 aromatic carbocycles. The van der Waals surface area contributed by atoms with Crippen molar-refractivity contribution in [1.29, 1.82) is 0 Å². The summed E-state index contributed by atoms with van der Waals surface area (Å²) in [6.07, 6.45) is 0.351. The fraction of sp³-hybridized carbons (Fsp3) is 0.500. The molecule has 1 aliphatic heterocycles. The van der Waals surface area contributed by atoms with E-state index in [1.807, 2.05) is 7.05 Å². The fourth-order valence-electron chi connectivity index (χ4n) is 2.36. The number of halogens is 1. The molecule has 0 bridgehead atoms. The predicted molar refractivity (Wildman–Crippen MR) is 71.2 cm³/mol. The molecule has 0 saturated carbocycles. The number of hydrogen-bond donors (Lipinski definition) is 1. The van der Waals surface area contributed by atoms with Crippen LogP contribution < -0.4 is 10.1 Å². The number of benzene rings is 1. The van der Waals surface area contributed by atoms with E-state index in [1.165, 1.54) is 25.3 Å². The lowest BCUT2D eigenvalue weighted by atomic mass is 10.0. The standard InChI is InChI=1S/C14H19FN2O2/c1-17-6-5-16-11(9-17)8-13(18)12-7-10(15)3-4-14(12)19-2/h3-4,7,11,16H,5-6,8-9H2,1-2H3. The summed E-state index contributed by atoms with van der Waals surface area (Å²) in [6, 6.07) is 4.14. The number of carbonyl (C=O) groups is 1. The van der Waals surface area contributed by atoms with Gasteiger partial charge in [0.05, 0.1) is 12.7 Å². The summed E-state index contributed by atoms with van der Waals surface area (Å²) < 4.78 is 18.4. The number of methoxy groups -OCH3 is 1. The first-order valence-corrected chi connectivity index (χ1v) is 6.39. The van der Waals surface area contributed by atoms with Crippen LogP contribution >= 0.6 is 0 Å². The Balaban J connectivity index is 2.09. The van der Waals surface area contributed by atoms with Gasteiger partial charge in [0.15, 0.2) is 5.78 Å². The number of rotatable bonds is 4. The Morgan fingerprint density at radius 3 is 3.05 bits per heavy atom. The molecule has 0 radical (unpaired) electrons. The van der Waals surface area contributed by atoms with Crippen molar-refractivity contribution in [2.75, 3.05) is 33.8 Å². The predicted octanol–water partition coefficient (Wildman–Crippen LogP) is 1.31. The van der Waals surface area contributed by atoms with E-state index < -0.39 is 5.82 Å². The highest BCUT2D eigenvalue weighted by atomic mass is 19.1. The molecule has 1 aliphatic rings. The van der Waals surface area contributed by atoms with Gasteiger partial charge >= 0.3 is 0 Å². The third-order valence-electron chi connectivity index (χ3n) is 3.35. The molecular formula is C14H19FN2O2. The lowest BCUT2D eigenvalue weighted by molar-refractivity contribution is 0.0948. The minimum Gasteiger partial charge on any atom is -0.496 e. The largest absolute Gasteiger partial charge is 0.496 e. The number of ketones is 1. The Morgan fingerprint density at radius 2 is 2.37 bits per heavy atom. The SMILES string of the molecule is COc1ccc(F)cc1C(=O)CC1CN(C)CCN1. The zero-order valence-electron chi connectivity index (χ0n) is 11.3. The second-order valence-electron chi connectivity index (χ2n) is 4.89. The molecule has 1 heterocycles. The molecule has 0 aliphatic carbocycles. The monoisotopic (exact) mass is 266 g/mol. The van der Waals surface area contributed by atoms with E-state index in [4.69, 9.17) is 4.74 Å². The first kappa shape index (κ1) is 14.0. The summed E-state index contributed by atoms with van der Waals surface area (Å²) in [6.45, 7) is 2.67. The summed E-state index contributed by atoms with van der Waals surface area (Å²) in [5.74, 6) is -0.0856. The van der Waals surface area contributed by atoms with E-state index in [2.05, 4.69) is 10.2 Å². The van der Waals surface area contributed by atoms with E-state index in [0.717, 1.165) is 19.6 Å². The smallest absolute Gasteiger partial charge is 0.168 e. The molecule has 1 N–H and O–H groups in total. The molecule has 0 aromatic heterocycles. The molecule has 0 amide bonds. The van der Waals surface area contributed by atoms with E-state index >= 15 is 0 Å². The maximum Gasteiger partial charge on any atom is 0.168 e. The molecule has 19 heavy (non-hydrogen) atoms. The summed E-state index contributed by atoms with van der Waals surface area (Å²) in [7, 11) is 3.51. The van der Waals surface area contributed by atoms with Gasteiger partial charge in [-0.3, -0.25) is 4.79 Å². The van der Waals surface area contributed by atoms with E-state index in [1.54, 1.807) is 0 Å². The maximum atomic E-state index is 13.3. The number of nitrogens with zero attached hydrogens (tertiary/aromatic N) is 1. The van der Waals surface area contributed by atoms with Gasteiger partial charge in [0.1, 0.15) is 11.6 Å². The Bertz CT molecular complexity index is 465. The third-order valence-corrected chi connectivity index (χ3v) is 3.35. The Morgan fingerprint density at radius 1 is 1.58 bits per heavy atom. The Hall–Kier alpha value is -1.46. The second kappa shape index (κ2) is 6.12. The molecule has 1 unspecified atom stereocenters. The summed E-state index contributed by atoms with van der Waals surface area (Å²) >= 11 is 0. The molecule has 2 rings (SSSR count). The Kier molecular flexibility index (Phi) is 4.50. The van der Waals surface area contributed by atoms with Crippen molar-refractivity contribution >= 4 is 5.78 Å². The molecular weight excluding hydrogens is 247 g/mol. The van der Waals surface area contributed by atoms with Crippen molar-refractivity contribution in [3.05, 3.63) is 29.6 Å². The summed E-state index contributed by atoms with van der Waals surface area (Å²) in [5.41, 5.74) is 0.317. The van der Waals surface area contributed by atoms with Crippen LogP contribution in [0.2, 0.25) is 0 Å². The quantitative estimate of drug-likeness (QED) is 0.834. The van der Waals surface area contributed by atoms with Crippen molar-refractivity contribution in [3.8, 4) is 5.75 Å². The van der Waals surface area contributed by atoms with E-state index in [9.17, 15) is 9.18 Å². The molecule has 1 atom stereocenters. The number of piperazine rings is 1. The highest BCUT2D eigenvalue weighted by Gasteiger charge is 2.22. The van der Waals surface area contributed by atoms with Gasteiger partial charge in [-0.25, -0.2) is 4.39 Å². The van der Waals surface area contributed by atoms with Gasteiger partial charge in [-0.2, -0.15) is 0 Å². The zero-order chi connectivity index (χ0) is 13.8. The average molecular weight is 266 g/mol. The number of carbonyl (C=O) groups excluding carboxylic acids is 1. The van der Waals surface area contributed by atoms with Crippen molar-refractivity contribution in [2.45, 2.75) is 12.5 Å². The number of ether oxygens (including phenoxy) is 1. The Labute approximate surface area is 112 Å². The van der Waals surface area contributed by atoms with Gasteiger partial charge in [0.2, 0.25) is 0 Å². The maximum absolute atomic E-state index is 13.3. The normalized spacial score (nSPS) is 20.3. The highest BCUT2D eigenvalue weighted by molar-refractivity contribution is 5.99. The number of nitrogens with one attached hydrogen (secondary N) is 1. The topological polar surface area (TPSA) is 41.6 Å². The molecule has 104 valence electrons. The third kappa shape index (κ3) is 3.52. The van der Waals surface area contributed by atoms with Crippen LogP contribution in [0.15, 0.2) is 18.2 Å². The second-order valence-corrected chi connectivity index (χ2v) is 4.89. The molecule has 0 spiro atoms. The van der Waals surface area contributed by atoms with Crippen LogP contribution in [0, 0.1) is 5.82 Å². The van der Waals surface area contributed by atoms with Crippen LogP contribution in [-0.4, -0.2) is 50.5 Å². The van der Waals surface area contributed by atoms with Gasteiger partial charge < -0.3 is 15.0 Å². The van der Waals surface area contributed by atoms with Crippen LogP contribution in [-0.2, 0) is 0 Å². The van der Waals surface area contributed by atoms with Gasteiger partial charge in [-0.05, 0) is 25.2 Å². The number of Topliss-reactive ketones (excluding diaryl/α,β-unsaturated/α-hetero) is 1. The molecule has 1 fully saturated rings. The number of likely N-dealkylation sites (N-methyl/N-ethyl adjacent to an activating group) is 1. The van der Waals surface area contributed by atoms with Crippen LogP contribution in [0.5, 0.6) is 5.75 Å². The summed E-state index contributed by atoms with van der Waals surface area (Å²) in [5, 5.41) is 3.31. The van der Waals surface area contributed by atoms with Crippen LogP contribution in [0.1, 0.15) is 16.8 Å². The van der Waals surface area contributed by atoms with Crippen LogP contribution in [0.3, 0.4) is 0 Å². The van der Waals surface area contributed by atoms with Gasteiger partial charge in [-0.15, -0.1) is 0 Å². The first-order chi connectivity index (χ1) is 9.10. The minimum atomic E-state index is -0.419. The van der Waals surface area contributed by atoms with E-state index in [0.29, 0.717) is 17.7 Å². The lowest BCUT2D eigenvalue weighted by Gasteiger charge is -2.30. The van der Waals surface area contributed by atoms with Crippen molar-refractivity contribution < 1.29 is 13.9 Å². The van der Waals surface area contributed by atoms with Gasteiger partial charge in [0, 0.05) is 32.1 Å². The van der Waals surface area contributed by atoms with Crippen molar-refractivity contribution in [1.82, 2.24) is 10.2 Å². The van der Waals surface area contributed by atoms with Gasteiger partial charge in [-0.1, -0.05) is 0 Å². The van der Waals surface area contributed by atoms with E-state index in [-0.39, 0.29) is 11.8 Å². The number of hydrogen-bond acceptors (Lipinski definition) is 4. The molecule has 1 saturated heterocycles. The molecule has 1 aromatic rings. The minimum absolute atomic E-state index is 0.0934. The summed E-state index contributed by atoms with van der Waals surface area (Å²) in [4.78, 5) is 14.4. The fourth-order valence-corrected chi connectivity index (χ4v) is 2.36. The van der Waals surface area contributed by atoms with Gasteiger partial charge in [0.25, 0.3) is 0 Å². The highest BCUT2D eigenvalue weighted by Crippen LogP contribution is 2.21. The first-order valence-electron chi connectivity index (χ1n) is 6.39. The van der Waals surface area contributed by atoms with Crippen LogP contribution in [0.4, 0.5) is 4.39 Å². The van der Waals surface area contributed by atoms with Crippen molar-refractivity contribution in [3.63, 3.8) is 0 Å². The lowest BCUT2D eigenvalue weighted by Crippen LogP contribution is -2.49. The average Bonchev–Trinajstić information content (AvgIpc) is 2.38. The van der Waals surface area contributed by atoms with Crippen LogP contribution in [0.25, 0.3) is 0 Å². The zero-order valence-corrected chi connectivity index (χ0v) is 11.3. The van der Waals surface area contributed by atoms with Crippen molar-refractivity contribution in [2.24, 2.45) is 0 Å². The molecule has 5 heteroatoms.